The summed E-state index contributed by atoms with van der Waals surface area (Å²) in [4.78, 5) is 74.6. The number of fused-ring (bicyclic) bond motifs is 1. The van der Waals surface area contributed by atoms with Crippen LogP contribution < -0.4 is 22.1 Å². The summed E-state index contributed by atoms with van der Waals surface area (Å²) in [6.07, 6.45) is -6.78. The highest BCUT2D eigenvalue weighted by atomic mass is 31.3. The monoisotopic (exact) mass is 750 g/mol. The number of aliphatic hydroxyl groups is 2. The summed E-state index contributed by atoms with van der Waals surface area (Å²) in [7, 11) is -16.3. The second-order valence-corrected chi connectivity index (χ2v) is 15.1. The number of hydrogen-bond acceptors (Lipinski definition) is 17. The van der Waals surface area contributed by atoms with Crippen molar-refractivity contribution < 1.29 is 75.7 Å². The number of aromatic nitrogens is 4. The van der Waals surface area contributed by atoms with Crippen LogP contribution in [0.25, 0.3) is 11.2 Å². The van der Waals surface area contributed by atoms with Gasteiger partial charge in [0.1, 0.15) is 36.3 Å². The molecule has 0 radical (unpaired) electrons. The highest BCUT2D eigenvalue weighted by Gasteiger charge is 2.50. The number of nitrogens with one attached hydrogen (secondary N) is 2. The number of nitrogens with two attached hydrogens (primary N) is 2. The van der Waals surface area contributed by atoms with Crippen molar-refractivity contribution in [1.29, 1.82) is 0 Å². The van der Waals surface area contributed by atoms with Gasteiger partial charge in [0.2, 0.25) is 11.8 Å². The van der Waals surface area contributed by atoms with Crippen molar-refractivity contribution in [3.8, 4) is 0 Å². The van der Waals surface area contributed by atoms with Crippen LogP contribution in [0.3, 0.4) is 0 Å². The topological polar surface area (TPSA) is 373 Å². The first kappa shape index (κ1) is 39.9. The van der Waals surface area contributed by atoms with E-state index in [9.17, 15) is 53.1 Å². The van der Waals surface area contributed by atoms with Gasteiger partial charge in [-0.1, -0.05) is 13.8 Å². The zero-order chi connectivity index (χ0) is 36.1. The van der Waals surface area contributed by atoms with Gasteiger partial charge in [-0.15, -0.1) is 0 Å². The first-order valence-corrected chi connectivity index (χ1v) is 18.3. The van der Waals surface area contributed by atoms with E-state index in [1.54, 1.807) is 0 Å². The number of amides is 2. The maximum Gasteiger partial charge on any atom is 0.481 e. The summed E-state index contributed by atoms with van der Waals surface area (Å²) >= 11 is 0. The fourth-order valence-corrected chi connectivity index (χ4v) is 6.98. The number of rotatable bonds is 18. The number of ether oxygens (including phenoxy) is 1. The number of nitrogens with zero attached hydrogens (tertiary/aromatic N) is 4. The smallest absolute Gasteiger partial charge is 0.386 e. The van der Waals surface area contributed by atoms with Gasteiger partial charge in [-0.2, -0.15) is 4.31 Å². The Balaban J connectivity index is 1.61. The molecule has 2 aromatic rings. The summed E-state index contributed by atoms with van der Waals surface area (Å²) in [5, 5.41) is 26.0. The number of carbonyl (C=O) groups excluding carboxylic acids is 2. The fourth-order valence-electron chi connectivity index (χ4n) is 4.15. The van der Waals surface area contributed by atoms with Crippen LogP contribution in [-0.2, 0) is 45.9 Å². The Labute approximate surface area is 271 Å². The number of imidazole rings is 1. The first-order chi connectivity index (χ1) is 22.2. The molecule has 3 rings (SSSR count). The lowest BCUT2D eigenvalue weighted by Crippen LogP contribution is -2.46. The van der Waals surface area contributed by atoms with E-state index in [0.29, 0.717) is 0 Å². The number of hydrogen-bond donors (Lipinski definition) is 10. The Hall–Kier alpha value is -2.50. The third-order valence-corrected chi connectivity index (χ3v) is 9.64. The number of aliphatic hydroxyl groups excluding tert-OH is 2. The van der Waals surface area contributed by atoms with Crippen LogP contribution >= 0.6 is 23.5 Å². The molecule has 3 heterocycles. The third-order valence-electron chi connectivity index (χ3n) is 6.54. The lowest BCUT2D eigenvalue weighted by Gasteiger charge is -2.30. The van der Waals surface area contributed by atoms with Gasteiger partial charge in [0.15, 0.2) is 17.7 Å². The molecule has 7 unspecified atom stereocenters. The Bertz CT molecular complexity index is 1590. The van der Waals surface area contributed by atoms with Crippen molar-refractivity contribution in [1.82, 2.24) is 30.2 Å². The second kappa shape index (κ2) is 16.0. The van der Waals surface area contributed by atoms with Gasteiger partial charge in [-0.05, 0) is 0 Å². The standard InChI is InChI=1S/C21H37N8O16P3/c1-21(2,16(32)19(33)25-5-3-12(30)24-6-4-22)8-42-48(39,40)45-47(37,38)41-7-11-15(44-46(34,35)36)14(31)20(43-11)29-10-28-13-17(23)26-9-27-18(13)29/h9-11,14-16,20,31-32H,3-8,22H2,1-2H3,(H,24,30)(H,25,33)(H,37,38)(H,39,40)(H2,23,26,27)(H2,34,35,36). The fraction of sp³-hybridized carbons (Fsp3) is 0.667. The first-order valence-electron chi connectivity index (χ1n) is 13.8. The van der Waals surface area contributed by atoms with E-state index in [1.807, 2.05) is 0 Å². The molecule has 12 N–H and O–H groups in total. The molecule has 0 aliphatic carbocycles. The Kier molecular flexibility index (Phi) is 13.3. The van der Waals surface area contributed by atoms with Crippen LogP contribution in [0.5, 0.6) is 0 Å². The highest BCUT2D eigenvalue weighted by molar-refractivity contribution is 7.61. The van der Waals surface area contributed by atoms with Crippen molar-refractivity contribution in [3.63, 3.8) is 0 Å². The molecule has 1 fully saturated rings. The van der Waals surface area contributed by atoms with Crippen LogP contribution in [0.2, 0.25) is 0 Å². The van der Waals surface area contributed by atoms with E-state index >= 15 is 0 Å². The second-order valence-electron chi connectivity index (χ2n) is 10.9. The molecule has 7 atom stereocenters. The summed E-state index contributed by atoms with van der Waals surface area (Å²) < 4.78 is 61.7. The molecule has 0 aromatic carbocycles. The van der Waals surface area contributed by atoms with Crippen molar-refractivity contribution in [2.24, 2.45) is 11.1 Å². The molecular weight excluding hydrogens is 713 g/mol. The van der Waals surface area contributed by atoms with E-state index in [0.717, 1.165) is 17.2 Å². The molecule has 24 nitrogen and oxygen atoms in total. The average molecular weight is 750 g/mol. The number of phosphoric acid groups is 3. The van der Waals surface area contributed by atoms with Crippen LogP contribution in [0, 0.1) is 5.41 Å². The molecule has 0 bridgehead atoms. The molecule has 1 aliphatic rings. The van der Waals surface area contributed by atoms with Crippen molar-refractivity contribution in [2.45, 2.75) is 50.9 Å². The van der Waals surface area contributed by atoms with E-state index in [4.69, 9.17) is 25.3 Å². The minimum atomic E-state index is -5.54. The van der Waals surface area contributed by atoms with E-state index in [-0.39, 0.29) is 43.0 Å². The molecule has 1 saturated heterocycles. The number of carbonyl (C=O) groups is 2. The summed E-state index contributed by atoms with van der Waals surface area (Å²) in [5.41, 5.74) is 9.57. The van der Waals surface area contributed by atoms with E-state index < -0.39 is 84.6 Å². The SMILES string of the molecule is CC(C)(COP(=O)(O)OP(=O)(O)OCC1OC(n2cnc3c(N)ncnc32)C(O)C1OP(=O)(O)O)C(O)C(=O)NCCC(=O)NCCN. The van der Waals surface area contributed by atoms with Crippen molar-refractivity contribution in [2.75, 3.05) is 38.6 Å². The van der Waals surface area contributed by atoms with Gasteiger partial charge in [-0.25, -0.2) is 28.6 Å². The predicted octanol–water partition coefficient (Wildman–Crippen LogP) is -2.64. The molecule has 27 heteroatoms. The molecule has 0 saturated carbocycles. The van der Waals surface area contributed by atoms with Gasteiger partial charge < -0.3 is 56.6 Å². The molecule has 272 valence electrons. The Morgan fingerprint density at radius 3 is 2.40 bits per heavy atom. The quantitative estimate of drug-likeness (QED) is 0.0696. The normalized spacial score (nSPS) is 23.4. The molecule has 2 aromatic heterocycles. The van der Waals surface area contributed by atoms with Crippen LogP contribution in [-0.4, -0.2) is 118 Å². The molecule has 2 amide bonds. The minimum absolute atomic E-state index is 0.0360. The largest absolute Gasteiger partial charge is 0.481 e. The van der Waals surface area contributed by atoms with E-state index in [2.05, 4.69) is 34.4 Å². The van der Waals surface area contributed by atoms with Crippen molar-refractivity contribution >= 4 is 52.3 Å². The van der Waals surface area contributed by atoms with Crippen molar-refractivity contribution in [3.05, 3.63) is 12.7 Å². The van der Waals surface area contributed by atoms with Gasteiger partial charge >= 0.3 is 23.5 Å². The van der Waals surface area contributed by atoms with Gasteiger partial charge in [-0.3, -0.25) is 27.7 Å². The van der Waals surface area contributed by atoms with Gasteiger partial charge in [0.05, 0.1) is 19.5 Å². The van der Waals surface area contributed by atoms with Crippen LogP contribution in [0.1, 0.15) is 26.5 Å². The predicted molar refractivity (Wildman–Crippen MR) is 159 cm³/mol. The molecule has 0 spiro atoms. The van der Waals surface area contributed by atoms with Crippen LogP contribution in [0.15, 0.2) is 12.7 Å². The average Bonchev–Trinajstić information content (AvgIpc) is 3.54. The maximum absolute atomic E-state index is 12.6. The number of nitrogen functional groups attached to an aromatic ring is 1. The summed E-state index contributed by atoms with van der Waals surface area (Å²) in [6.45, 7) is 0.818. The highest BCUT2D eigenvalue weighted by Crippen LogP contribution is 2.61. The Morgan fingerprint density at radius 1 is 1.08 bits per heavy atom. The zero-order valence-electron chi connectivity index (χ0n) is 25.3. The summed E-state index contributed by atoms with van der Waals surface area (Å²) in [6, 6.07) is 0. The van der Waals surface area contributed by atoms with Gasteiger partial charge in [0, 0.05) is 31.5 Å². The van der Waals surface area contributed by atoms with Gasteiger partial charge in [0.25, 0.3) is 0 Å². The maximum atomic E-state index is 12.6. The number of phosphoric ester groups is 3. The van der Waals surface area contributed by atoms with E-state index in [1.165, 1.54) is 13.8 Å². The molecular formula is C21H37N8O16P3. The minimum Gasteiger partial charge on any atom is -0.386 e. The van der Waals surface area contributed by atoms with Crippen LogP contribution in [0.4, 0.5) is 5.82 Å². The third kappa shape index (κ3) is 11.0. The zero-order valence-corrected chi connectivity index (χ0v) is 28.0. The lowest BCUT2D eigenvalue weighted by atomic mass is 9.87. The number of anilines is 1. The molecule has 48 heavy (non-hydrogen) atoms. The molecule has 1 aliphatic heterocycles. The summed E-state index contributed by atoms with van der Waals surface area (Å²) in [5.74, 6) is -1.40. The lowest BCUT2D eigenvalue weighted by molar-refractivity contribution is -0.137. The Morgan fingerprint density at radius 2 is 1.75 bits per heavy atom.